The van der Waals surface area contributed by atoms with E-state index in [2.05, 4.69) is 21.3 Å². The fourth-order valence-corrected chi connectivity index (χ4v) is 0.587. The van der Waals surface area contributed by atoms with Crippen molar-refractivity contribution in [3.8, 4) is 0 Å². The second-order valence-corrected chi connectivity index (χ2v) is 3.04. The summed E-state index contributed by atoms with van der Waals surface area (Å²) in [5, 5.41) is 26.3. The highest BCUT2D eigenvalue weighted by Crippen LogP contribution is 1.73. The average Bonchev–Trinajstić information content (AvgIpc) is 2.33. The predicted octanol–water partition coefficient (Wildman–Crippen LogP) is -1.16. The molecule has 1 atom stereocenters. The van der Waals surface area contributed by atoms with Crippen molar-refractivity contribution >= 4 is 12.1 Å². The van der Waals surface area contributed by atoms with Crippen LogP contribution in [0.1, 0.15) is 14.4 Å². The number of rotatable bonds is 4. The monoisotopic (exact) mass is 266 g/mol. The standard InChI is InChI=1S/C5H12N2O2.C4H10N2O2.CH4/c1-4(8)3-7-5(9)6-2;1-5-4(8)6-2-3-7;/h4,8H,3H2,1-2H3,(H2,6,7,9);7H,2-3H2,1H3,(H2,5,6,8);1H4/t4-;;/m0../s1. The van der Waals surface area contributed by atoms with Crippen LogP contribution in [0.5, 0.6) is 0 Å². The van der Waals surface area contributed by atoms with E-state index in [-0.39, 0.29) is 26.1 Å². The Morgan fingerprint density at radius 1 is 1.11 bits per heavy atom. The molecule has 18 heavy (non-hydrogen) atoms. The third-order valence-corrected chi connectivity index (χ3v) is 1.41. The van der Waals surface area contributed by atoms with E-state index in [0.717, 1.165) is 0 Å². The van der Waals surface area contributed by atoms with Gasteiger partial charge in [-0.1, -0.05) is 7.43 Å². The number of aliphatic hydroxyl groups excluding tert-OH is 2. The number of carbonyl (C=O) groups is 2. The van der Waals surface area contributed by atoms with Gasteiger partial charge in [0, 0.05) is 27.2 Å². The highest BCUT2D eigenvalue weighted by molar-refractivity contribution is 5.73. The first kappa shape index (κ1) is 21.7. The average molecular weight is 266 g/mol. The number of aliphatic hydroxyl groups is 2. The van der Waals surface area contributed by atoms with E-state index >= 15 is 0 Å². The van der Waals surface area contributed by atoms with E-state index in [1.165, 1.54) is 14.1 Å². The van der Waals surface area contributed by atoms with E-state index in [4.69, 9.17) is 10.2 Å². The highest BCUT2D eigenvalue weighted by atomic mass is 16.3. The van der Waals surface area contributed by atoms with Gasteiger partial charge >= 0.3 is 12.1 Å². The van der Waals surface area contributed by atoms with Crippen LogP contribution in [0.2, 0.25) is 0 Å². The molecule has 0 heterocycles. The lowest BCUT2D eigenvalue weighted by Crippen LogP contribution is -2.36. The zero-order chi connectivity index (χ0) is 13.7. The van der Waals surface area contributed by atoms with Crippen molar-refractivity contribution in [3.05, 3.63) is 0 Å². The molecule has 0 aliphatic carbocycles. The van der Waals surface area contributed by atoms with Crippen LogP contribution >= 0.6 is 0 Å². The Morgan fingerprint density at radius 3 is 1.89 bits per heavy atom. The molecular weight excluding hydrogens is 240 g/mol. The molecule has 0 aromatic rings. The molecule has 0 fully saturated rings. The maximum Gasteiger partial charge on any atom is 0.314 e. The van der Waals surface area contributed by atoms with E-state index < -0.39 is 6.10 Å². The second kappa shape index (κ2) is 15.5. The molecule has 6 N–H and O–H groups in total. The van der Waals surface area contributed by atoms with Gasteiger partial charge in [0.15, 0.2) is 0 Å². The Balaban J connectivity index is -0.000000238. The molecule has 0 spiro atoms. The summed E-state index contributed by atoms with van der Waals surface area (Å²) in [6.45, 7) is 2.18. The highest BCUT2D eigenvalue weighted by Gasteiger charge is 1.97. The summed E-state index contributed by atoms with van der Waals surface area (Å²) in [4.78, 5) is 20.6. The van der Waals surface area contributed by atoms with Crippen molar-refractivity contribution in [2.24, 2.45) is 0 Å². The molecule has 0 bridgehead atoms. The first-order valence-electron chi connectivity index (χ1n) is 5.18. The molecule has 0 rings (SSSR count). The van der Waals surface area contributed by atoms with Crippen LogP contribution in [-0.4, -0.2) is 62.2 Å². The largest absolute Gasteiger partial charge is 0.395 e. The first-order valence-corrected chi connectivity index (χ1v) is 5.18. The number of hydrogen-bond donors (Lipinski definition) is 6. The SMILES string of the molecule is C.CNC(=O)NCCO.CNC(=O)NC[C@H](C)O. The minimum absolute atomic E-state index is 0. The Kier molecular flexibility index (Phi) is 18.7. The molecule has 0 radical (unpaired) electrons. The van der Waals surface area contributed by atoms with Gasteiger partial charge in [0.2, 0.25) is 0 Å². The van der Waals surface area contributed by atoms with E-state index in [9.17, 15) is 9.59 Å². The fourth-order valence-electron chi connectivity index (χ4n) is 0.587. The van der Waals surface area contributed by atoms with Crippen LogP contribution < -0.4 is 21.3 Å². The van der Waals surface area contributed by atoms with Gasteiger partial charge in [-0.25, -0.2) is 9.59 Å². The minimum atomic E-state index is -0.484. The summed E-state index contributed by atoms with van der Waals surface area (Å²) < 4.78 is 0. The van der Waals surface area contributed by atoms with Crippen LogP contribution in [0.4, 0.5) is 9.59 Å². The fraction of sp³-hybridized carbons (Fsp3) is 0.800. The van der Waals surface area contributed by atoms with E-state index in [1.807, 2.05) is 0 Å². The zero-order valence-electron chi connectivity index (χ0n) is 10.4. The Labute approximate surface area is 108 Å². The van der Waals surface area contributed by atoms with Gasteiger partial charge in [-0.15, -0.1) is 0 Å². The summed E-state index contributed by atoms with van der Waals surface area (Å²) in [6, 6.07) is -0.532. The molecule has 0 saturated carbocycles. The second-order valence-electron chi connectivity index (χ2n) is 3.04. The zero-order valence-corrected chi connectivity index (χ0v) is 10.4. The molecule has 0 aromatic carbocycles. The number of urea groups is 2. The van der Waals surface area contributed by atoms with Crippen molar-refractivity contribution in [3.63, 3.8) is 0 Å². The number of amides is 4. The topological polar surface area (TPSA) is 123 Å². The maximum atomic E-state index is 10.4. The lowest BCUT2D eigenvalue weighted by Gasteiger charge is -2.04. The van der Waals surface area contributed by atoms with Gasteiger partial charge in [-0.3, -0.25) is 0 Å². The molecule has 0 saturated heterocycles. The van der Waals surface area contributed by atoms with Crippen LogP contribution in [0.25, 0.3) is 0 Å². The quantitative estimate of drug-likeness (QED) is 0.384. The van der Waals surface area contributed by atoms with Gasteiger partial charge < -0.3 is 31.5 Å². The van der Waals surface area contributed by atoms with Crippen molar-refractivity contribution in [2.75, 3.05) is 33.8 Å². The lowest BCUT2D eigenvalue weighted by molar-refractivity contribution is 0.188. The molecule has 0 aliphatic rings. The van der Waals surface area contributed by atoms with E-state index in [0.29, 0.717) is 13.1 Å². The molecule has 110 valence electrons. The molecular formula is C10H26N4O4. The van der Waals surface area contributed by atoms with Gasteiger partial charge in [-0.05, 0) is 6.92 Å². The smallest absolute Gasteiger partial charge is 0.314 e. The van der Waals surface area contributed by atoms with Gasteiger partial charge in [-0.2, -0.15) is 0 Å². The van der Waals surface area contributed by atoms with Gasteiger partial charge in [0.1, 0.15) is 0 Å². The summed E-state index contributed by atoms with van der Waals surface area (Å²) >= 11 is 0. The number of hydrogen-bond acceptors (Lipinski definition) is 4. The molecule has 8 heteroatoms. The van der Waals surface area contributed by atoms with Crippen molar-refractivity contribution < 1.29 is 19.8 Å². The Morgan fingerprint density at radius 2 is 1.56 bits per heavy atom. The molecule has 0 aromatic heterocycles. The van der Waals surface area contributed by atoms with Crippen molar-refractivity contribution in [1.82, 2.24) is 21.3 Å². The summed E-state index contributed by atoms with van der Waals surface area (Å²) in [5.41, 5.74) is 0. The third-order valence-electron chi connectivity index (χ3n) is 1.41. The summed E-state index contributed by atoms with van der Waals surface area (Å²) in [6.07, 6.45) is -0.484. The van der Waals surface area contributed by atoms with Gasteiger partial charge in [0.05, 0.1) is 12.7 Å². The van der Waals surface area contributed by atoms with Crippen LogP contribution in [0.15, 0.2) is 0 Å². The molecule has 4 amide bonds. The van der Waals surface area contributed by atoms with Gasteiger partial charge in [0.25, 0.3) is 0 Å². The Hall–Kier alpha value is -1.54. The minimum Gasteiger partial charge on any atom is -0.395 e. The lowest BCUT2D eigenvalue weighted by atomic mass is 10.4. The van der Waals surface area contributed by atoms with Crippen molar-refractivity contribution in [1.29, 1.82) is 0 Å². The first-order chi connectivity index (χ1) is 7.97. The Bertz CT molecular complexity index is 212. The summed E-state index contributed by atoms with van der Waals surface area (Å²) in [5.74, 6) is 0. The van der Waals surface area contributed by atoms with Crippen LogP contribution in [0.3, 0.4) is 0 Å². The number of carbonyl (C=O) groups excluding carboxylic acids is 2. The van der Waals surface area contributed by atoms with Crippen LogP contribution in [-0.2, 0) is 0 Å². The summed E-state index contributed by atoms with van der Waals surface area (Å²) in [7, 11) is 3.05. The molecule has 0 aliphatic heterocycles. The van der Waals surface area contributed by atoms with Crippen molar-refractivity contribution in [2.45, 2.75) is 20.5 Å². The predicted molar refractivity (Wildman–Crippen MR) is 70.4 cm³/mol. The number of nitrogens with one attached hydrogen (secondary N) is 4. The van der Waals surface area contributed by atoms with Crippen LogP contribution in [0, 0.1) is 0 Å². The maximum absolute atomic E-state index is 10.4. The third kappa shape index (κ3) is 19.9. The molecule has 8 nitrogen and oxygen atoms in total. The normalized spacial score (nSPS) is 9.83. The molecule has 0 unspecified atom stereocenters. The van der Waals surface area contributed by atoms with E-state index in [1.54, 1.807) is 6.92 Å².